The highest BCUT2D eigenvalue weighted by Gasteiger charge is 2.40. The number of hydrogen-bond acceptors (Lipinski definition) is 4. The van der Waals surface area contributed by atoms with Gasteiger partial charge in [0.25, 0.3) is 5.91 Å². The molecule has 30 heavy (non-hydrogen) atoms. The summed E-state index contributed by atoms with van der Waals surface area (Å²) in [5, 5.41) is 6.67. The maximum atomic E-state index is 14.0. The normalized spacial score (nSPS) is 18.3. The van der Waals surface area contributed by atoms with Crippen molar-refractivity contribution in [2.45, 2.75) is 38.0 Å². The third-order valence-corrected chi connectivity index (χ3v) is 5.63. The highest BCUT2D eigenvalue weighted by Crippen LogP contribution is 2.40. The fraction of sp³-hybridized carbons (Fsp3) is 0.381. The van der Waals surface area contributed by atoms with Gasteiger partial charge in [-0.05, 0) is 31.2 Å². The molecule has 6 nitrogen and oxygen atoms in total. The van der Waals surface area contributed by atoms with Gasteiger partial charge in [-0.15, -0.1) is 0 Å². The fourth-order valence-electron chi connectivity index (χ4n) is 4.23. The molecule has 1 amide bonds. The van der Waals surface area contributed by atoms with E-state index in [9.17, 15) is 18.0 Å². The first-order valence-electron chi connectivity index (χ1n) is 9.90. The molecule has 1 saturated heterocycles. The number of carbonyl (C=O) groups excluding carboxylic acids is 1. The summed E-state index contributed by atoms with van der Waals surface area (Å²) in [6.07, 6.45) is -2.22. The van der Waals surface area contributed by atoms with Gasteiger partial charge in [-0.1, -0.05) is 24.3 Å². The Balaban J connectivity index is 1.59. The van der Waals surface area contributed by atoms with Crippen LogP contribution >= 0.6 is 0 Å². The summed E-state index contributed by atoms with van der Waals surface area (Å²) in [5.41, 5.74) is 1.12. The summed E-state index contributed by atoms with van der Waals surface area (Å²) in [6.45, 7) is 0.955. The Bertz CT molecular complexity index is 1130. The number of fused-ring (bicyclic) bond motifs is 4. The monoisotopic (exact) mass is 416 g/mol. The number of aromatic nitrogens is 3. The first-order valence-corrected chi connectivity index (χ1v) is 9.90. The zero-order chi connectivity index (χ0) is 20.9. The number of carbonyl (C=O) groups is 1. The van der Waals surface area contributed by atoms with E-state index in [0.29, 0.717) is 30.8 Å². The summed E-state index contributed by atoms with van der Waals surface area (Å²) in [4.78, 5) is 17.0. The van der Waals surface area contributed by atoms with E-state index in [1.54, 1.807) is 12.1 Å². The molecular formula is C21H19F3N4O2. The van der Waals surface area contributed by atoms with Crippen LogP contribution in [-0.4, -0.2) is 39.8 Å². The van der Waals surface area contributed by atoms with Crippen molar-refractivity contribution in [3.05, 3.63) is 52.8 Å². The number of hydrogen-bond donors (Lipinski definition) is 1. The number of alkyl halides is 3. The number of rotatable bonds is 3. The third kappa shape index (κ3) is 3.23. The molecule has 1 fully saturated rings. The lowest BCUT2D eigenvalue weighted by atomic mass is 9.88. The van der Waals surface area contributed by atoms with Crippen LogP contribution in [-0.2, 0) is 23.8 Å². The van der Waals surface area contributed by atoms with Gasteiger partial charge in [0.2, 0.25) is 0 Å². The molecule has 1 aliphatic heterocycles. The van der Waals surface area contributed by atoms with Crippen molar-refractivity contribution in [1.82, 2.24) is 19.9 Å². The van der Waals surface area contributed by atoms with Crippen LogP contribution in [0.2, 0.25) is 0 Å². The van der Waals surface area contributed by atoms with E-state index in [-0.39, 0.29) is 29.4 Å². The van der Waals surface area contributed by atoms with Gasteiger partial charge in [0.15, 0.2) is 17.0 Å². The lowest BCUT2D eigenvalue weighted by Gasteiger charge is -2.23. The summed E-state index contributed by atoms with van der Waals surface area (Å²) in [6, 6.07) is 8.63. The van der Waals surface area contributed by atoms with Crippen LogP contribution in [0.15, 0.2) is 30.3 Å². The van der Waals surface area contributed by atoms with E-state index in [0.717, 1.165) is 22.9 Å². The minimum Gasteiger partial charge on any atom is -0.376 e. The molecule has 0 spiro atoms. The highest BCUT2D eigenvalue weighted by atomic mass is 19.4. The standard InChI is InChI=1S/C21H19F3N4O2/c22-21(23,24)19-15-8-7-12-4-1-2-6-14(12)18(15)26-17-10-16(27-28(17)19)20(29)25-11-13-5-3-9-30-13/h1-2,4,6,10,13H,3,5,7-9,11H2,(H,25,29). The van der Waals surface area contributed by atoms with Crippen LogP contribution in [0.4, 0.5) is 13.2 Å². The van der Waals surface area contributed by atoms with Gasteiger partial charge in [0.05, 0.1) is 11.8 Å². The lowest BCUT2D eigenvalue weighted by Crippen LogP contribution is -2.32. The Kier molecular flexibility index (Phi) is 4.50. The maximum Gasteiger partial charge on any atom is 0.433 e. The molecule has 5 rings (SSSR count). The van der Waals surface area contributed by atoms with E-state index < -0.39 is 17.8 Å². The van der Waals surface area contributed by atoms with Crippen molar-refractivity contribution < 1.29 is 22.7 Å². The number of halogens is 3. The molecular weight excluding hydrogens is 397 g/mol. The summed E-state index contributed by atoms with van der Waals surface area (Å²) < 4.78 is 48.3. The maximum absolute atomic E-state index is 14.0. The minimum atomic E-state index is -4.63. The lowest BCUT2D eigenvalue weighted by molar-refractivity contribution is -0.143. The summed E-state index contributed by atoms with van der Waals surface area (Å²) in [5.74, 6) is -0.539. The smallest absolute Gasteiger partial charge is 0.376 e. The summed E-state index contributed by atoms with van der Waals surface area (Å²) >= 11 is 0. The van der Waals surface area contributed by atoms with Crippen LogP contribution in [0.3, 0.4) is 0 Å². The number of aryl methyl sites for hydroxylation is 1. The molecule has 0 bridgehead atoms. The predicted octanol–water partition coefficient (Wildman–Crippen LogP) is 3.42. The Morgan fingerprint density at radius 2 is 2.10 bits per heavy atom. The molecule has 2 aromatic heterocycles. The second kappa shape index (κ2) is 7.09. The van der Waals surface area contributed by atoms with Gasteiger partial charge in [0.1, 0.15) is 0 Å². The largest absolute Gasteiger partial charge is 0.433 e. The van der Waals surface area contributed by atoms with Crippen LogP contribution in [0.5, 0.6) is 0 Å². The van der Waals surface area contributed by atoms with Crippen molar-refractivity contribution >= 4 is 11.6 Å². The van der Waals surface area contributed by atoms with Crippen LogP contribution in [0, 0.1) is 0 Å². The van der Waals surface area contributed by atoms with E-state index in [1.807, 2.05) is 12.1 Å². The molecule has 1 aliphatic carbocycles. The Hall–Kier alpha value is -2.94. The van der Waals surface area contributed by atoms with Crippen molar-refractivity contribution in [2.24, 2.45) is 0 Å². The quantitative estimate of drug-likeness (QED) is 0.711. The zero-order valence-corrected chi connectivity index (χ0v) is 16.0. The minimum absolute atomic E-state index is 0.0000412. The van der Waals surface area contributed by atoms with Crippen LogP contribution in [0.25, 0.3) is 16.9 Å². The van der Waals surface area contributed by atoms with Crippen molar-refractivity contribution in [2.75, 3.05) is 13.2 Å². The molecule has 3 heterocycles. The average Bonchev–Trinajstić information content (AvgIpc) is 3.38. The first-order chi connectivity index (χ1) is 14.4. The highest BCUT2D eigenvalue weighted by molar-refractivity contribution is 5.93. The van der Waals surface area contributed by atoms with Gasteiger partial charge in [-0.2, -0.15) is 18.3 Å². The number of ether oxygens (including phenoxy) is 1. The van der Waals surface area contributed by atoms with Gasteiger partial charge in [-0.3, -0.25) is 4.79 Å². The average molecular weight is 416 g/mol. The van der Waals surface area contributed by atoms with Gasteiger partial charge >= 0.3 is 6.18 Å². The van der Waals surface area contributed by atoms with Crippen molar-refractivity contribution in [1.29, 1.82) is 0 Å². The SMILES string of the molecule is O=C(NCC1CCCO1)c1cc2nc3c(c(C(F)(F)F)n2n1)CCc1ccccc1-3. The molecule has 2 aliphatic rings. The molecule has 3 aromatic rings. The molecule has 1 unspecified atom stereocenters. The Labute approximate surface area is 170 Å². The Morgan fingerprint density at radius 3 is 2.87 bits per heavy atom. The molecule has 1 atom stereocenters. The van der Waals surface area contributed by atoms with Crippen molar-refractivity contribution in [3.63, 3.8) is 0 Å². The van der Waals surface area contributed by atoms with E-state index >= 15 is 0 Å². The predicted molar refractivity (Wildman–Crippen MR) is 102 cm³/mol. The fourth-order valence-corrected chi connectivity index (χ4v) is 4.23. The number of nitrogens with zero attached hydrogens (tertiary/aromatic N) is 3. The zero-order valence-electron chi connectivity index (χ0n) is 16.0. The summed E-state index contributed by atoms with van der Waals surface area (Å²) in [7, 11) is 0. The van der Waals surface area contributed by atoms with Gasteiger partial charge < -0.3 is 10.1 Å². The van der Waals surface area contributed by atoms with Crippen LogP contribution < -0.4 is 5.32 Å². The number of benzene rings is 1. The van der Waals surface area contributed by atoms with Crippen molar-refractivity contribution in [3.8, 4) is 11.3 Å². The molecule has 0 saturated carbocycles. The van der Waals surface area contributed by atoms with Gasteiger partial charge in [0, 0.05) is 30.3 Å². The second-order valence-electron chi connectivity index (χ2n) is 7.59. The molecule has 1 aromatic carbocycles. The topological polar surface area (TPSA) is 68.5 Å². The number of nitrogens with one attached hydrogen (secondary N) is 1. The molecule has 156 valence electrons. The third-order valence-electron chi connectivity index (χ3n) is 5.63. The second-order valence-corrected chi connectivity index (χ2v) is 7.59. The van der Waals surface area contributed by atoms with E-state index in [2.05, 4.69) is 15.4 Å². The number of amides is 1. The molecule has 9 heteroatoms. The Morgan fingerprint density at radius 1 is 1.27 bits per heavy atom. The van der Waals surface area contributed by atoms with Crippen LogP contribution in [0.1, 0.15) is 40.2 Å². The molecule has 0 radical (unpaired) electrons. The van der Waals surface area contributed by atoms with Gasteiger partial charge in [-0.25, -0.2) is 9.50 Å². The van der Waals surface area contributed by atoms with E-state index in [4.69, 9.17) is 4.74 Å². The molecule has 1 N–H and O–H groups in total. The van der Waals surface area contributed by atoms with E-state index in [1.165, 1.54) is 6.07 Å². The first kappa shape index (κ1) is 19.0.